The first kappa shape index (κ1) is 15.5. The van der Waals surface area contributed by atoms with Gasteiger partial charge in [-0.15, -0.1) is 0 Å². The number of nitrogens with zero attached hydrogens (tertiary/aromatic N) is 1. The molecule has 2 nitrogen and oxygen atoms in total. The number of hydrogen-bond acceptors (Lipinski definition) is 2. The Balaban J connectivity index is 1.95. The van der Waals surface area contributed by atoms with Crippen molar-refractivity contribution in [2.24, 2.45) is 0 Å². The predicted molar refractivity (Wildman–Crippen MR) is 82.6 cm³/mol. The van der Waals surface area contributed by atoms with E-state index < -0.39 is 0 Å². The van der Waals surface area contributed by atoms with Crippen LogP contribution < -0.4 is 5.32 Å². The number of hydrogen-bond donors (Lipinski definition) is 1. The molecule has 1 saturated heterocycles. The highest BCUT2D eigenvalue weighted by Gasteiger charge is 2.26. The molecule has 0 atom stereocenters. The highest BCUT2D eigenvalue weighted by atomic mass is 19.1. The third-order valence-corrected chi connectivity index (χ3v) is 4.44. The number of nitrogens with one attached hydrogen (secondary N) is 1. The summed E-state index contributed by atoms with van der Waals surface area (Å²) in [6, 6.07) is 5.49. The minimum Gasteiger partial charge on any atom is -0.315 e. The molecule has 0 spiro atoms. The molecule has 3 heteroatoms. The molecule has 1 aliphatic rings. The third kappa shape index (κ3) is 4.03. The van der Waals surface area contributed by atoms with Crippen molar-refractivity contribution in [2.45, 2.75) is 45.6 Å². The van der Waals surface area contributed by atoms with Crippen molar-refractivity contribution < 1.29 is 4.39 Å². The Morgan fingerprint density at radius 2 is 2.05 bits per heavy atom. The van der Waals surface area contributed by atoms with E-state index in [-0.39, 0.29) is 11.4 Å². The average molecular weight is 278 g/mol. The average Bonchev–Trinajstić information content (AvgIpc) is 2.70. The summed E-state index contributed by atoms with van der Waals surface area (Å²) in [6.45, 7) is 11.0. The fourth-order valence-electron chi connectivity index (χ4n) is 2.92. The van der Waals surface area contributed by atoms with Gasteiger partial charge in [-0.05, 0) is 70.3 Å². The summed E-state index contributed by atoms with van der Waals surface area (Å²) >= 11 is 0. The van der Waals surface area contributed by atoms with Gasteiger partial charge in [-0.1, -0.05) is 12.1 Å². The molecule has 1 heterocycles. The Bertz CT molecular complexity index is 435. The third-order valence-electron chi connectivity index (χ3n) is 4.44. The van der Waals surface area contributed by atoms with Gasteiger partial charge in [0.2, 0.25) is 0 Å². The van der Waals surface area contributed by atoms with Gasteiger partial charge in [0.15, 0.2) is 0 Å². The maximum Gasteiger partial charge on any atom is 0.126 e. The monoisotopic (exact) mass is 278 g/mol. The molecule has 0 amide bonds. The predicted octanol–water partition coefficient (Wildman–Crippen LogP) is 3.14. The molecule has 0 saturated carbocycles. The van der Waals surface area contributed by atoms with Crippen LogP contribution in [-0.2, 0) is 6.42 Å². The number of aryl methyl sites for hydroxylation is 2. The van der Waals surface area contributed by atoms with Crippen LogP contribution in [0.25, 0.3) is 0 Å². The zero-order valence-corrected chi connectivity index (χ0v) is 13.0. The van der Waals surface area contributed by atoms with Crippen LogP contribution in [0.15, 0.2) is 18.2 Å². The number of halogens is 1. The topological polar surface area (TPSA) is 15.3 Å². The van der Waals surface area contributed by atoms with Crippen LogP contribution in [0.3, 0.4) is 0 Å². The van der Waals surface area contributed by atoms with Gasteiger partial charge >= 0.3 is 0 Å². The fraction of sp³-hybridized carbons (Fsp3) is 0.647. The van der Waals surface area contributed by atoms with Gasteiger partial charge in [-0.25, -0.2) is 4.39 Å². The molecule has 1 N–H and O–H groups in total. The maximum atomic E-state index is 13.3. The summed E-state index contributed by atoms with van der Waals surface area (Å²) in [5, 5.41) is 3.45. The van der Waals surface area contributed by atoms with Crippen molar-refractivity contribution in [3.05, 3.63) is 35.1 Å². The van der Waals surface area contributed by atoms with Crippen LogP contribution in [0, 0.1) is 12.7 Å². The number of rotatable bonds is 4. The Labute approximate surface area is 122 Å². The van der Waals surface area contributed by atoms with Crippen molar-refractivity contribution in [1.82, 2.24) is 10.2 Å². The van der Waals surface area contributed by atoms with Gasteiger partial charge in [0.25, 0.3) is 0 Å². The van der Waals surface area contributed by atoms with E-state index in [1.165, 1.54) is 18.5 Å². The largest absolute Gasteiger partial charge is 0.315 e. The van der Waals surface area contributed by atoms with Crippen LogP contribution >= 0.6 is 0 Å². The van der Waals surface area contributed by atoms with Crippen LogP contribution in [0.5, 0.6) is 0 Å². The van der Waals surface area contributed by atoms with Crippen molar-refractivity contribution in [3.8, 4) is 0 Å². The summed E-state index contributed by atoms with van der Waals surface area (Å²) in [7, 11) is 0. The Kier molecular flexibility index (Phi) is 5.17. The summed E-state index contributed by atoms with van der Waals surface area (Å²) in [5.41, 5.74) is 2.19. The van der Waals surface area contributed by atoms with Crippen LogP contribution in [0.1, 0.15) is 37.8 Å². The molecule has 1 aliphatic heterocycles. The lowest BCUT2D eigenvalue weighted by Crippen LogP contribution is -2.46. The standard InChI is InChI=1S/C17H27FN2/c1-14-13-15(5-6-16(14)18)7-8-17(2,3)20-11-4-9-19-10-12-20/h5-6,13,19H,4,7-12H2,1-3H3. The van der Waals surface area contributed by atoms with Gasteiger partial charge in [0.1, 0.15) is 5.82 Å². The second-order valence-electron chi connectivity index (χ2n) is 6.49. The number of benzene rings is 1. The van der Waals surface area contributed by atoms with Crippen molar-refractivity contribution in [1.29, 1.82) is 0 Å². The molecule has 0 aliphatic carbocycles. The first-order valence-corrected chi connectivity index (χ1v) is 7.70. The van der Waals surface area contributed by atoms with Crippen molar-refractivity contribution in [3.63, 3.8) is 0 Å². The first-order valence-electron chi connectivity index (χ1n) is 7.70. The van der Waals surface area contributed by atoms with E-state index in [4.69, 9.17) is 0 Å². The molecule has 1 aromatic carbocycles. The van der Waals surface area contributed by atoms with Gasteiger partial charge < -0.3 is 5.32 Å². The van der Waals surface area contributed by atoms with Gasteiger partial charge in [-0.3, -0.25) is 4.90 Å². The quantitative estimate of drug-likeness (QED) is 0.910. The van der Waals surface area contributed by atoms with Crippen LogP contribution in [-0.4, -0.2) is 36.6 Å². The summed E-state index contributed by atoms with van der Waals surface area (Å²) in [4.78, 5) is 2.59. The normalized spacial score (nSPS) is 18.0. The molecule has 1 aromatic rings. The Hall–Kier alpha value is -0.930. The van der Waals surface area contributed by atoms with E-state index in [2.05, 4.69) is 24.1 Å². The van der Waals surface area contributed by atoms with Gasteiger partial charge in [0, 0.05) is 18.6 Å². The molecule has 0 radical (unpaired) electrons. The summed E-state index contributed by atoms with van der Waals surface area (Å²) in [6.07, 6.45) is 3.34. The fourth-order valence-corrected chi connectivity index (χ4v) is 2.92. The first-order chi connectivity index (χ1) is 9.49. The lowest BCUT2D eigenvalue weighted by Gasteiger charge is -2.38. The smallest absolute Gasteiger partial charge is 0.126 e. The second kappa shape index (κ2) is 6.68. The molecular weight excluding hydrogens is 251 g/mol. The minimum absolute atomic E-state index is 0.105. The maximum absolute atomic E-state index is 13.3. The minimum atomic E-state index is -0.105. The van der Waals surface area contributed by atoms with Gasteiger partial charge in [-0.2, -0.15) is 0 Å². The SMILES string of the molecule is Cc1cc(CCC(C)(C)N2CCCNCC2)ccc1F. The molecule has 0 unspecified atom stereocenters. The molecule has 20 heavy (non-hydrogen) atoms. The molecule has 2 rings (SSSR count). The van der Waals surface area contributed by atoms with Gasteiger partial charge in [0.05, 0.1) is 0 Å². The Morgan fingerprint density at radius 1 is 1.25 bits per heavy atom. The lowest BCUT2D eigenvalue weighted by molar-refractivity contribution is 0.120. The lowest BCUT2D eigenvalue weighted by atomic mass is 9.92. The van der Waals surface area contributed by atoms with Crippen LogP contribution in [0.4, 0.5) is 4.39 Å². The van der Waals surface area contributed by atoms with Crippen molar-refractivity contribution >= 4 is 0 Å². The molecule has 0 bridgehead atoms. The molecular formula is C17H27FN2. The molecule has 112 valence electrons. The molecule has 0 aromatic heterocycles. The van der Waals surface area contributed by atoms with E-state index in [9.17, 15) is 4.39 Å². The Morgan fingerprint density at radius 3 is 2.80 bits per heavy atom. The molecule has 1 fully saturated rings. The summed E-state index contributed by atoms with van der Waals surface area (Å²) in [5.74, 6) is -0.105. The van der Waals surface area contributed by atoms with Crippen molar-refractivity contribution in [2.75, 3.05) is 26.2 Å². The second-order valence-corrected chi connectivity index (χ2v) is 6.49. The zero-order chi connectivity index (χ0) is 14.6. The zero-order valence-electron chi connectivity index (χ0n) is 13.0. The van der Waals surface area contributed by atoms with E-state index >= 15 is 0 Å². The van der Waals surface area contributed by atoms with E-state index in [0.29, 0.717) is 0 Å². The van der Waals surface area contributed by atoms with E-state index in [1.807, 2.05) is 19.1 Å². The highest BCUT2D eigenvalue weighted by molar-refractivity contribution is 5.24. The van der Waals surface area contributed by atoms with E-state index in [1.54, 1.807) is 6.07 Å². The summed E-state index contributed by atoms with van der Waals surface area (Å²) < 4.78 is 13.3. The van der Waals surface area contributed by atoms with E-state index in [0.717, 1.165) is 38.0 Å². The highest BCUT2D eigenvalue weighted by Crippen LogP contribution is 2.23. The van der Waals surface area contributed by atoms with Crippen LogP contribution in [0.2, 0.25) is 0 Å².